The summed E-state index contributed by atoms with van der Waals surface area (Å²) in [5.74, 6) is -4.03. The van der Waals surface area contributed by atoms with E-state index in [1.807, 2.05) is 37.3 Å². The molecule has 2 rings (SSSR count). The van der Waals surface area contributed by atoms with Crippen LogP contribution < -0.4 is 0 Å². The summed E-state index contributed by atoms with van der Waals surface area (Å²) in [6.07, 6.45) is 9.67. The summed E-state index contributed by atoms with van der Waals surface area (Å²) < 4.78 is 33.1. The molecule has 33 heavy (non-hydrogen) atoms. The van der Waals surface area contributed by atoms with E-state index < -0.39 is 12.0 Å². The van der Waals surface area contributed by atoms with Crippen LogP contribution in [0.25, 0.3) is 0 Å². The molecule has 2 atom stereocenters. The molecule has 0 aromatic heterocycles. The van der Waals surface area contributed by atoms with Gasteiger partial charge in [0.15, 0.2) is 11.9 Å². The van der Waals surface area contributed by atoms with Crippen molar-refractivity contribution in [3.63, 3.8) is 0 Å². The van der Waals surface area contributed by atoms with E-state index in [1.54, 1.807) is 6.08 Å². The molecule has 0 heterocycles. The summed E-state index contributed by atoms with van der Waals surface area (Å²) in [4.78, 5) is 24.0. The third kappa shape index (κ3) is 9.58. The van der Waals surface area contributed by atoms with E-state index in [4.69, 9.17) is 4.74 Å². The van der Waals surface area contributed by atoms with Crippen LogP contribution in [0.1, 0.15) is 70.3 Å². The monoisotopic (exact) mass is 461 g/mol. The first-order valence-corrected chi connectivity index (χ1v) is 11.9. The number of alkyl halides is 2. The Hall–Kier alpha value is -2.34. The Balaban J connectivity index is 1.64. The largest absolute Gasteiger partial charge is 0.461 e. The second-order valence-corrected chi connectivity index (χ2v) is 8.60. The van der Waals surface area contributed by atoms with Gasteiger partial charge >= 0.3 is 5.97 Å². The maximum Gasteiger partial charge on any atom is 0.306 e. The molecule has 0 fully saturated rings. The van der Waals surface area contributed by atoms with Crippen LogP contribution in [0.2, 0.25) is 0 Å². The Bertz CT molecular complexity index is 789. The highest BCUT2D eigenvalue weighted by atomic mass is 19.3. The van der Waals surface area contributed by atoms with Gasteiger partial charge in [-0.1, -0.05) is 75.1 Å². The molecular formula is C27H35F2O4. The summed E-state index contributed by atoms with van der Waals surface area (Å²) in [5, 5.41) is 9.77. The summed E-state index contributed by atoms with van der Waals surface area (Å²) in [6.45, 7) is 2.10. The molecule has 0 saturated carbocycles. The van der Waals surface area contributed by atoms with Crippen LogP contribution >= 0.6 is 0 Å². The Morgan fingerprint density at radius 3 is 2.58 bits per heavy atom. The quantitative estimate of drug-likeness (QED) is 0.232. The zero-order valence-electron chi connectivity index (χ0n) is 19.3. The van der Waals surface area contributed by atoms with Gasteiger partial charge in [-0.2, -0.15) is 0 Å². The number of ketones is 1. The van der Waals surface area contributed by atoms with Crippen LogP contribution in [0, 0.1) is 17.9 Å². The number of allylic oxidation sites excluding steroid dienone is 3. The predicted molar refractivity (Wildman–Crippen MR) is 124 cm³/mol. The number of carbonyl (C=O) groups excluding carboxylic acids is 2. The van der Waals surface area contributed by atoms with Gasteiger partial charge in [0.1, 0.15) is 6.61 Å². The number of unbranched alkanes of at least 4 members (excludes halogenated alkanes) is 4. The SMILES string of the molecule is CCCCC(F)(F)[C](O)/C=C/[C@H]1C=CC(=O)C1CCCCCCC(=O)OCc1ccccc1. The third-order valence-electron chi connectivity index (χ3n) is 5.90. The number of ether oxygens (including phenoxy) is 1. The summed E-state index contributed by atoms with van der Waals surface area (Å²) >= 11 is 0. The van der Waals surface area contributed by atoms with Crippen LogP contribution in [0.5, 0.6) is 0 Å². The maximum absolute atomic E-state index is 13.9. The summed E-state index contributed by atoms with van der Waals surface area (Å²) in [6, 6.07) is 9.53. The molecule has 1 aliphatic rings. The van der Waals surface area contributed by atoms with Crippen LogP contribution in [-0.2, 0) is 20.9 Å². The van der Waals surface area contributed by atoms with Crippen molar-refractivity contribution < 1.29 is 28.2 Å². The molecule has 1 aromatic carbocycles. The lowest BCUT2D eigenvalue weighted by Crippen LogP contribution is -2.25. The lowest BCUT2D eigenvalue weighted by molar-refractivity contribution is -0.145. The predicted octanol–water partition coefficient (Wildman–Crippen LogP) is 6.73. The number of aliphatic hydroxyl groups is 1. The number of hydrogen-bond donors (Lipinski definition) is 1. The zero-order chi connectivity index (χ0) is 24.1. The van der Waals surface area contributed by atoms with E-state index in [-0.39, 0.29) is 36.6 Å². The average Bonchev–Trinajstić information content (AvgIpc) is 3.16. The minimum absolute atomic E-state index is 0.00799. The van der Waals surface area contributed by atoms with Gasteiger partial charge in [-0.15, -0.1) is 0 Å². The van der Waals surface area contributed by atoms with Crippen molar-refractivity contribution in [3.8, 4) is 0 Å². The minimum atomic E-state index is -3.24. The van der Waals surface area contributed by atoms with E-state index in [0.29, 0.717) is 25.7 Å². The fourth-order valence-electron chi connectivity index (χ4n) is 3.83. The number of halogens is 2. The van der Waals surface area contributed by atoms with Gasteiger partial charge in [0.25, 0.3) is 5.92 Å². The molecule has 0 bridgehead atoms. The summed E-state index contributed by atoms with van der Waals surface area (Å²) in [7, 11) is 0. The standard InChI is InChI=1S/C27H35F2O4/c1-2-3-19-27(28,29)25(31)18-16-22-15-17-24(30)23(22)13-9-4-5-10-14-26(32)33-20-21-11-7-6-8-12-21/h6-8,11-12,15-18,22-23,31H,2-5,9-10,13-14,19-20H2,1H3/b18-16+/t22-,23?/m1/s1. The highest BCUT2D eigenvalue weighted by molar-refractivity contribution is 5.94. The van der Waals surface area contributed by atoms with Crippen molar-refractivity contribution in [1.82, 2.24) is 0 Å². The van der Waals surface area contributed by atoms with Gasteiger partial charge in [0, 0.05) is 24.7 Å². The van der Waals surface area contributed by atoms with Gasteiger partial charge in [0.05, 0.1) is 0 Å². The first kappa shape index (κ1) is 26.9. The van der Waals surface area contributed by atoms with E-state index >= 15 is 0 Å². The van der Waals surface area contributed by atoms with E-state index in [2.05, 4.69) is 0 Å². The van der Waals surface area contributed by atoms with Crippen molar-refractivity contribution in [2.45, 2.75) is 77.2 Å². The minimum Gasteiger partial charge on any atom is -0.461 e. The van der Waals surface area contributed by atoms with E-state index in [0.717, 1.165) is 37.3 Å². The van der Waals surface area contributed by atoms with Gasteiger partial charge in [0.2, 0.25) is 0 Å². The second kappa shape index (κ2) is 14.0. The molecule has 1 N–H and O–H groups in total. The molecular weight excluding hydrogens is 426 g/mol. The smallest absolute Gasteiger partial charge is 0.306 e. The summed E-state index contributed by atoms with van der Waals surface area (Å²) in [5.41, 5.74) is 0.958. The fourth-order valence-corrected chi connectivity index (χ4v) is 3.83. The fraction of sp³-hybridized carbons (Fsp3) is 0.519. The Morgan fingerprint density at radius 2 is 1.85 bits per heavy atom. The highest BCUT2D eigenvalue weighted by Gasteiger charge is 2.37. The van der Waals surface area contributed by atoms with Crippen molar-refractivity contribution >= 4 is 11.8 Å². The molecule has 1 aromatic rings. The molecule has 0 spiro atoms. The number of esters is 1. The van der Waals surface area contributed by atoms with Crippen molar-refractivity contribution in [1.29, 1.82) is 0 Å². The maximum atomic E-state index is 13.9. The molecule has 1 unspecified atom stereocenters. The normalized spacial score (nSPS) is 18.5. The average molecular weight is 462 g/mol. The second-order valence-electron chi connectivity index (χ2n) is 8.60. The number of rotatable bonds is 15. The number of carbonyl (C=O) groups is 2. The molecule has 1 radical (unpaired) electrons. The number of hydrogen-bond acceptors (Lipinski definition) is 4. The molecule has 181 valence electrons. The number of aliphatic hydroxyl groups excluding tert-OH is 1. The van der Waals surface area contributed by atoms with Crippen molar-refractivity contribution in [3.05, 3.63) is 66.3 Å². The van der Waals surface area contributed by atoms with E-state index in [1.165, 1.54) is 12.2 Å². The van der Waals surface area contributed by atoms with Crippen molar-refractivity contribution in [2.24, 2.45) is 11.8 Å². The molecule has 0 amide bonds. The molecule has 4 nitrogen and oxygen atoms in total. The highest BCUT2D eigenvalue weighted by Crippen LogP contribution is 2.33. The first-order valence-electron chi connectivity index (χ1n) is 11.9. The van der Waals surface area contributed by atoms with Crippen LogP contribution in [0.3, 0.4) is 0 Å². The van der Waals surface area contributed by atoms with Crippen molar-refractivity contribution in [2.75, 3.05) is 0 Å². The molecule has 0 aliphatic heterocycles. The Kier molecular flexibility index (Phi) is 11.4. The van der Waals surface area contributed by atoms with Crippen LogP contribution in [-0.4, -0.2) is 22.8 Å². The molecule has 1 aliphatic carbocycles. The topological polar surface area (TPSA) is 63.6 Å². The van der Waals surface area contributed by atoms with Crippen LogP contribution in [0.4, 0.5) is 8.78 Å². The molecule has 0 saturated heterocycles. The van der Waals surface area contributed by atoms with Gasteiger partial charge in [-0.3, -0.25) is 9.59 Å². The lowest BCUT2D eigenvalue weighted by atomic mass is 9.88. The zero-order valence-corrected chi connectivity index (χ0v) is 19.3. The molecule has 6 heteroatoms. The van der Waals surface area contributed by atoms with E-state index in [9.17, 15) is 23.5 Å². The van der Waals surface area contributed by atoms with Crippen LogP contribution in [0.15, 0.2) is 54.6 Å². The van der Waals surface area contributed by atoms with Gasteiger partial charge in [-0.05, 0) is 37.0 Å². The van der Waals surface area contributed by atoms with Gasteiger partial charge < -0.3 is 9.84 Å². The Morgan fingerprint density at radius 1 is 1.12 bits per heavy atom. The Labute approximate surface area is 195 Å². The lowest BCUT2D eigenvalue weighted by Gasteiger charge is -2.20. The third-order valence-corrected chi connectivity index (χ3v) is 5.90. The van der Waals surface area contributed by atoms with Gasteiger partial charge in [-0.25, -0.2) is 8.78 Å². The first-order chi connectivity index (χ1) is 15.8. The number of benzene rings is 1.